The Morgan fingerprint density at radius 1 is 1.16 bits per heavy atom. The highest BCUT2D eigenvalue weighted by Crippen LogP contribution is 2.22. The SMILES string of the molecule is O=C(Oc1cccc(Cl)c1)c1ccccc1[N+](=O)[O-]. The van der Waals surface area contributed by atoms with Crippen LogP contribution in [0.15, 0.2) is 48.5 Å². The highest BCUT2D eigenvalue weighted by molar-refractivity contribution is 6.30. The fraction of sp³-hybridized carbons (Fsp3) is 0. The number of halogens is 1. The third-order valence-corrected chi connectivity index (χ3v) is 2.56. The molecule has 0 aliphatic heterocycles. The Bertz CT molecular complexity index is 642. The minimum atomic E-state index is -0.797. The van der Waals surface area contributed by atoms with Crippen LogP contribution in [0.3, 0.4) is 0 Å². The van der Waals surface area contributed by atoms with E-state index in [1.54, 1.807) is 18.2 Å². The third kappa shape index (κ3) is 3.08. The summed E-state index contributed by atoms with van der Waals surface area (Å²) in [6.07, 6.45) is 0. The average molecular weight is 278 g/mol. The molecule has 0 atom stereocenters. The minimum Gasteiger partial charge on any atom is -0.423 e. The van der Waals surface area contributed by atoms with E-state index < -0.39 is 10.9 Å². The lowest BCUT2D eigenvalue weighted by Gasteiger charge is -2.04. The van der Waals surface area contributed by atoms with Gasteiger partial charge in [-0.05, 0) is 24.3 Å². The standard InChI is InChI=1S/C13H8ClNO4/c14-9-4-3-5-10(8-9)19-13(16)11-6-1-2-7-12(11)15(17)18/h1-8H. The van der Waals surface area contributed by atoms with Crippen molar-refractivity contribution in [3.8, 4) is 5.75 Å². The molecule has 0 saturated carbocycles. The molecule has 0 heterocycles. The quantitative estimate of drug-likeness (QED) is 0.373. The van der Waals surface area contributed by atoms with Crippen molar-refractivity contribution < 1.29 is 14.5 Å². The van der Waals surface area contributed by atoms with Gasteiger partial charge < -0.3 is 4.74 Å². The molecule has 0 spiro atoms. The fourth-order valence-corrected chi connectivity index (χ4v) is 1.68. The van der Waals surface area contributed by atoms with Crippen LogP contribution >= 0.6 is 11.6 Å². The predicted octanol–water partition coefficient (Wildman–Crippen LogP) is 3.47. The van der Waals surface area contributed by atoms with Crippen molar-refractivity contribution in [3.05, 3.63) is 69.2 Å². The normalized spacial score (nSPS) is 9.95. The molecule has 0 aliphatic carbocycles. The average Bonchev–Trinajstić information content (AvgIpc) is 2.38. The number of hydrogen-bond donors (Lipinski definition) is 0. The Kier molecular flexibility index (Phi) is 3.77. The van der Waals surface area contributed by atoms with E-state index in [0.29, 0.717) is 5.02 Å². The number of esters is 1. The molecule has 0 unspecified atom stereocenters. The number of carbonyl (C=O) groups is 1. The van der Waals surface area contributed by atoms with Gasteiger partial charge in [0, 0.05) is 11.1 Å². The predicted molar refractivity (Wildman–Crippen MR) is 69.5 cm³/mol. The first-order chi connectivity index (χ1) is 9.08. The van der Waals surface area contributed by atoms with Gasteiger partial charge in [-0.2, -0.15) is 0 Å². The van der Waals surface area contributed by atoms with Crippen molar-refractivity contribution in [2.45, 2.75) is 0 Å². The maximum absolute atomic E-state index is 11.9. The summed E-state index contributed by atoms with van der Waals surface area (Å²) in [5.41, 5.74) is -0.401. The Morgan fingerprint density at radius 3 is 2.58 bits per heavy atom. The van der Waals surface area contributed by atoms with Crippen LogP contribution in [0.25, 0.3) is 0 Å². The van der Waals surface area contributed by atoms with Crippen LogP contribution in [0.1, 0.15) is 10.4 Å². The van der Waals surface area contributed by atoms with Crippen molar-refractivity contribution in [3.63, 3.8) is 0 Å². The summed E-state index contributed by atoms with van der Waals surface area (Å²) >= 11 is 5.76. The van der Waals surface area contributed by atoms with E-state index in [-0.39, 0.29) is 17.0 Å². The van der Waals surface area contributed by atoms with Gasteiger partial charge >= 0.3 is 5.97 Å². The summed E-state index contributed by atoms with van der Waals surface area (Å²) in [6, 6.07) is 11.8. The van der Waals surface area contributed by atoms with E-state index in [1.165, 1.54) is 30.3 Å². The Labute approximate surface area is 113 Å². The van der Waals surface area contributed by atoms with Crippen molar-refractivity contribution in [1.82, 2.24) is 0 Å². The molecule has 0 amide bonds. The lowest BCUT2D eigenvalue weighted by atomic mass is 10.2. The van der Waals surface area contributed by atoms with Gasteiger partial charge in [0.1, 0.15) is 11.3 Å². The molecule has 2 aromatic rings. The van der Waals surface area contributed by atoms with Crippen LogP contribution in [-0.4, -0.2) is 10.9 Å². The Hall–Kier alpha value is -2.40. The van der Waals surface area contributed by atoms with Crippen LogP contribution in [0.2, 0.25) is 5.02 Å². The van der Waals surface area contributed by atoms with Gasteiger partial charge in [0.25, 0.3) is 5.69 Å². The van der Waals surface area contributed by atoms with Crippen LogP contribution in [0.4, 0.5) is 5.69 Å². The van der Waals surface area contributed by atoms with Crippen LogP contribution in [-0.2, 0) is 0 Å². The first-order valence-electron chi connectivity index (χ1n) is 5.29. The van der Waals surface area contributed by atoms with Gasteiger partial charge in [0.15, 0.2) is 0 Å². The first-order valence-corrected chi connectivity index (χ1v) is 5.67. The summed E-state index contributed by atoms with van der Waals surface area (Å²) in [6.45, 7) is 0. The van der Waals surface area contributed by atoms with Gasteiger partial charge in [-0.1, -0.05) is 29.8 Å². The lowest BCUT2D eigenvalue weighted by Crippen LogP contribution is -2.10. The van der Waals surface area contributed by atoms with Crippen molar-refractivity contribution in [2.75, 3.05) is 0 Å². The van der Waals surface area contributed by atoms with Gasteiger partial charge in [-0.25, -0.2) is 4.79 Å². The van der Waals surface area contributed by atoms with E-state index in [9.17, 15) is 14.9 Å². The zero-order valence-electron chi connectivity index (χ0n) is 9.58. The van der Waals surface area contributed by atoms with Gasteiger partial charge in [0.05, 0.1) is 4.92 Å². The summed E-state index contributed by atoms with van der Waals surface area (Å²) in [5.74, 6) is -0.565. The van der Waals surface area contributed by atoms with Crippen LogP contribution < -0.4 is 4.74 Å². The molecular formula is C13H8ClNO4. The zero-order chi connectivity index (χ0) is 13.8. The van der Waals surface area contributed by atoms with Crippen molar-refractivity contribution in [1.29, 1.82) is 0 Å². The minimum absolute atomic E-state index is 0.104. The molecule has 0 aliphatic rings. The number of rotatable bonds is 3. The number of ether oxygens (including phenoxy) is 1. The number of para-hydroxylation sites is 1. The molecular weight excluding hydrogens is 270 g/mol. The summed E-state index contributed by atoms with van der Waals surface area (Å²) in [7, 11) is 0. The monoisotopic (exact) mass is 277 g/mol. The summed E-state index contributed by atoms with van der Waals surface area (Å²) < 4.78 is 5.04. The number of nitro benzene ring substituents is 1. The van der Waals surface area contributed by atoms with E-state index >= 15 is 0 Å². The largest absolute Gasteiger partial charge is 0.423 e. The topological polar surface area (TPSA) is 69.4 Å². The third-order valence-electron chi connectivity index (χ3n) is 2.33. The highest BCUT2D eigenvalue weighted by Gasteiger charge is 2.20. The number of benzene rings is 2. The number of nitro groups is 1. The van der Waals surface area contributed by atoms with Crippen LogP contribution in [0, 0.1) is 10.1 Å². The number of hydrogen-bond acceptors (Lipinski definition) is 4. The molecule has 19 heavy (non-hydrogen) atoms. The second-order valence-electron chi connectivity index (χ2n) is 3.62. The first kappa shape index (κ1) is 13.0. The van der Waals surface area contributed by atoms with Gasteiger partial charge in [-0.3, -0.25) is 10.1 Å². The molecule has 0 fully saturated rings. The molecule has 0 radical (unpaired) electrons. The lowest BCUT2D eigenvalue weighted by molar-refractivity contribution is -0.385. The second-order valence-corrected chi connectivity index (χ2v) is 4.06. The van der Waals surface area contributed by atoms with E-state index in [4.69, 9.17) is 16.3 Å². The molecule has 0 aromatic heterocycles. The molecule has 0 bridgehead atoms. The fourth-order valence-electron chi connectivity index (χ4n) is 1.50. The number of nitrogens with zero attached hydrogens (tertiary/aromatic N) is 1. The molecule has 5 nitrogen and oxygen atoms in total. The maximum atomic E-state index is 11.9. The molecule has 0 N–H and O–H groups in total. The maximum Gasteiger partial charge on any atom is 0.350 e. The van der Waals surface area contributed by atoms with E-state index in [2.05, 4.69) is 0 Å². The molecule has 96 valence electrons. The van der Waals surface area contributed by atoms with Crippen molar-refractivity contribution >= 4 is 23.3 Å². The molecule has 0 saturated heterocycles. The zero-order valence-corrected chi connectivity index (χ0v) is 10.3. The smallest absolute Gasteiger partial charge is 0.350 e. The summed E-state index contributed by atoms with van der Waals surface area (Å²) in [4.78, 5) is 22.1. The second kappa shape index (κ2) is 5.49. The molecule has 2 rings (SSSR count). The molecule has 2 aromatic carbocycles. The van der Waals surface area contributed by atoms with Crippen LogP contribution in [0.5, 0.6) is 5.75 Å². The summed E-state index contributed by atoms with van der Waals surface area (Å²) in [5, 5.41) is 11.2. The molecule has 6 heteroatoms. The number of carbonyl (C=O) groups excluding carboxylic acids is 1. The van der Waals surface area contributed by atoms with E-state index in [1.807, 2.05) is 0 Å². The van der Waals surface area contributed by atoms with E-state index in [0.717, 1.165) is 0 Å². The van der Waals surface area contributed by atoms with Crippen molar-refractivity contribution in [2.24, 2.45) is 0 Å². The highest BCUT2D eigenvalue weighted by atomic mass is 35.5. The van der Waals surface area contributed by atoms with Gasteiger partial charge in [0.2, 0.25) is 0 Å². The van der Waals surface area contributed by atoms with Gasteiger partial charge in [-0.15, -0.1) is 0 Å². The Morgan fingerprint density at radius 2 is 1.89 bits per heavy atom. The Balaban J connectivity index is 2.28.